The molecule has 0 spiro atoms. The number of likely N-dealkylation sites (N-methyl/N-ethyl adjacent to an activating group) is 1. The zero-order valence-electron chi connectivity index (χ0n) is 11.0. The Labute approximate surface area is 115 Å². The van der Waals surface area contributed by atoms with E-state index in [4.69, 9.17) is 5.73 Å². The third-order valence-corrected chi connectivity index (χ3v) is 5.17. The topological polar surface area (TPSA) is 72.9 Å². The van der Waals surface area contributed by atoms with Crippen molar-refractivity contribution in [1.82, 2.24) is 15.1 Å². The Morgan fingerprint density at radius 1 is 1.61 bits per heavy atom. The zero-order chi connectivity index (χ0) is 13.5. The van der Waals surface area contributed by atoms with Gasteiger partial charge in [0.2, 0.25) is 5.91 Å². The average molecular weight is 315 g/mol. The number of rotatable bonds is 3. The smallest absolute Gasteiger partial charge is 0.237 e. The SMILES string of the molecule is CNC1(C(N)=O)CCC(n2nc(C)c(Br)c2C)C1. The van der Waals surface area contributed by atoms with Crippen LogP contribution in [-0.2, 0) is 4.79 Å². The van der Waals surface area contributed by atoms with Crippen LogP contribution in [0.4, 0.5) is 0 Å². The van der Waals surface area contributed by atoms with Gasteiger partial charge in [0.05, 0.1) is 27.4 Å². The molecule has 1 aliphatic rings. The number of halogens is 1. The quantitative estimate of drug-likeness (QED) is 0.886. The molecule has 1 fully saturated rings. The van der Waals surface area contributed by atoms with Crippen LogP contribution in [0, 0.1) is 13.8 Å². The molecular formula is C12H19BrN4O. The highest BCUT2D eigenvalue weighted by molar-refractivity contribution is 9.10. The van der Waals surface area contributed by atoms with Crippen molar-refractivity contribution in [1.29, 1.82) is 0 Å². The van der Waals surface area contributed by atoms with Crippen molar-refractivity contribution in [2.45, 2.75) is 44.7 Å². The zero-order valence-corrected chi connectivity index (χ0v) is 12.5. The molecule has 5 nitrogen and oxygen atoms in total. The van der Waals surface area contributed by atoms with Crippen molar-refractivity contribution >= 4 is 21.8 Å². The summed E-state index contributed by atoms with van der Waals surface area (Å²) in [4.78, 5) is 11.6. The minimum atomic E-state index is -0.580. The van der Waals surface area contributed by atoms with Gasteiger partial charge in [0, 0.05) is 0 Å². The first-order chi connectivity index (χ1) is 8.41. The fourth-order valence-electron chi connectivity index (χ4n) is 2.80. The molecule has 18 heavy (non-hydrogen) atoms. The van der Waals surface area contributed by atoms with Gasteiger partial charge >= 0.3 is 0 Å². The summed E-state index contributed by atoms with van der Waals surface area (Å²) < 4.78 is 3.06. The molecule has 1 aliphatic carbocycles. The minimum Gasteiger partial charge on any atom is -0.368 e. The lowest BCUT2D eigenvalue weighted by Crippen LogP contribution is -2.52. The first kappa shape index (κ1) is 13.5. The molecule has 6 heteroatoms. The number of aromatic nitrogens is 2. The lowest BCUT2D eigenvalue weighted by molar-refractivity contribution is -0.124. The van der Waals surface area contributed by atoms with Crippen molar-refractivity contribution in [3.63, 3.8) is 0 Å². The van der Waals surface area contributed by atoms with Gasteiger partial charge in [-0.3, -0.25) is 9.48 Å². The van der Waals surface area contributed by atoms with Gasteiger partial charge in [0.25, 0.3) is 0 Å². The highest BCUT2D eigenvalue weighted by Gasteiger charge is 2.44. The molecule has 0 saturated heterocycles. The van der Waals surface area contributed by atoms with Crippen LogP contribution < -0.4 is 11.1 Å². The maximum absolute atomic E-state index is 11.6. The predicted octanol–water partition coefficient (Wildman–Crippen LogP) is 1.43. The van der Waals surface area contributed by atoms with Crippen LogP contribution >= 0.6 is 15.9 Å². The lowest BCUT2D eigenvalue weighted by Gasteiger charge is -2.25. The molecule has 1 aromatic heterocycles. The monoisotopic (exact) mass is 314 g/mol. The number of hydrogen-bond acceptors (Lipinski definition) is 3. The summed E-state index contributed by atoms with van der Waals surface area (Å²) in [5.41, 5.74) is 7.02. The maximum Gasteiger partial charge on any atom is 0.237 e. The van der Waals surface area contributed by atoms with Gasteiger partial charge in [-0.25, -0.2) is 0 Å². The Balaban J connectivity index is 2.28. The number of aryl methyl sites for hydroxylation is 1. The molecule has 1 heterocycles. The molecule has 2 unspecified atom stereocenters. The number of nitrogens with zero attached hydrogens (tertiary/aromatic N) is 2. The van der Waals surface area contributed by atoms with Crippen LogP contribution in [0.1, 0.15) is 36.7 Å². The number of hydrogen-bond donors (Lipinski definition) is 2. The summed E-state index contributed by atoms with van der Waals surface area (Å²) in [7, 11) is 1.80. The van der Waals surface area contributed by atoms with Crippen LogP contribution in [0.3, 0.4) is 0 Å². The number of primary amides is 1. The standard InChI is InChI=1S/C12H19BrN4O/c1-7-10(13)8(2)17(16-7)9-4-5-12(6-9,15-3)11(14)18/h9,15H,4-6H2,1-3H3,(H2,14,18). The number of nitrogens with one attached hydrogen (secondary N) is 1. The van der Waals surface area contributed by atoms with E-state index in [1.807, 2.05) is 18.5 Å². The van der Waals surface area contributed by atoms with Gasteiger partial charge in [-0.1, -0.05) is 0 Å². The molecule has 1 aromatic rings. The second-order valence-electron chi connectivity index (χ2n) is 5.02. The Hall–Kier alpha value is -0.880. The fourth-order valence-corrected chi connectivity index (χ4v) is 3.06. The number of nitrogens with two attached hydrogens (primary N) is 1. The summed E-state index contributed by atoms with van der Waals surface area (Å²) in [6.07, 6.45) is 2.38. The summed E-state index contributed by atoms with van der Waals surface area (Å²) in [6.45, 7) is 4.01. The van der Waals surface area contributed by atoms with Gasteiger partial charge < -0.3 is 11.1 Å². The number of amides is 1. The third-order valence-electron chi connectivity index (χ3n) is 4.02. The summed E-state index contributed by atoms with van der Waals surface area (Å²) in [5.74, 6) is -0.270. The molecule has 0 radical (unpaired) electrons. The molecule has 1 amide bonds. The van der Waals surface area contributed by atoms with Crippen molar-refractivity contribution in [2.75, 3.05) is 7.05 Å². The molecule has 0 bridgehead atoms. The van der Waals surface area contributed by atoms with Crippen LogP contribution in [0.25, 0.3) is 0 Å². The van der Waals surface area contributed by atoms with E-state index < -0.39 is 5.54 Å². The molecule has 0 aromatic carbocycles. The first-order valence-electron chi connectivity index (χ1n) is 6.11. The Kier molecular flexibility index (Phi) is 3.51. The maximum atomic E-state index is 11.6. The number of carbonyl (C=O) groups is 1. The molecule has 2 rings (SSSR count). The van der Waals surface area contributed by atoms with E-state index in [9.17, 15) is 4.79 Å². The normalized spacial score (nSPS) is 27.7. The fraction of sp³-hybridized carbons (Fsp3) is 0.667. The van der Waals surface area contributed by atoms with Crippen LogP contribution in [0.5, 0.6) is 0 Å². The molecule has 3 N–H and O–H groups in total. The van der Waals surface area contributed by atoms with Gasteiger partial charge in [0.15, 0.2) is 0 Å². The molecule has 0 aliphatic heterocycles. The van der Waals surface area contributed by atoms with E-state index in [0.717, 1.165) is 28.7 Å². The molecule has 2 atom stereocenters. The Bertz CT molecular complexity index is 485. The largest absolute Gasteiger partial charge is 0.368 e. The van der Waals surface area contributed by atoms with Gasteiger partial charge in [-0.05, 0) is 56.1 Å². The predicted molar refractivity (Wildman–Crippen MR) is 73.3 cm³/mol. The van der Waals surface area contributed by atoms with Crippen LogP contribution in [0.15, 0.2) is 4.47 Å². The van der Waals surface area contributed by atoms with E-state index in [2.05, 4.69) is 26.3 Å². The Morgan fingerprint density at radius 3 is 2.67 bits per heavy atom. The van der Waals surface area contributed by atoms with Gasteiger partial charge in [-0.2, -0.15) is 5.10 Å². The lowest BCUT2D eigenvalue weighted by atomic mass is 9.97. The molecule has 100 valence electrons. The molecular weight excluding hydrogens is 296 g/mol. The summed E-state index contributed by atoms with van der Waals surface area (Å²) in [6, 6.07) is 0.231. The van der Waals surface area contributed by atoms with Crippen molar-refractivity contribution < 1.29 is 4.79 Å². The summed E-state index contributed by atoms with van der Waals surface area (Å²) >= 11 is 3.53. The van der Waals surface area contributed by atoms with Crippen molar-refractivity contribution in [3.8, 4) is 0 Å². The highest BCUT2D eigenvalue weighted by atomic mass is 79.9. The second kappa shape index (κ2) is 4.66. The van der Waals surface area contributed by atoms with Crippen molar-refractivity contribution in [3.05, 3.63) is 15.9 Å². The van der Waals surface area contributed by atoms with Crippen LogP contribution in [-0.4, -0.2) is 28.3 Å². The third kappa shape index (κ3) is 1.97. The van der Waals surface area contributed by atoms with Crippen molar-refractivity contribution in [2.24, 2.45) is 5.73 Å². The Morgan fingerprint density at radius 2 is 2.28 bits per heavy atom. The summed E-state index contributed by atoms with van der Waals surface area (Å²) in [5, 5.41) is 7.63. The van der Waals surface area contributed by atoms with E-state index in [-0.39, 0.29) is 11.9 Å². The van der Waals surface area contributed by atoms with Crippen LogP contribution in [0.2, 0.25) is 0 Å². The van der Waals surface area contributed by atoms with E-state index in [1.54, 1.807) is 7.05 Å². The van der Waals surface area contributed by atoms with E-state index in [1.165, 1.54) is 0 Å². The van der Waals surface area contributed by atoms with Gasteiger partial charge in [-0.15, -0.1) is 0 Å². The average Bonchev–Trinajstić information content (AvgIpc) is 2.88. The van der Waals surface area contributed by atoms with E-state index >= 15 is 0 Å². The second-order valence-corrected chi connectivity index (χ2v) is 5.82. The minimum absolute atomic E-state index is 0.231. The number of carbonyl (C=O) groups excluding carboxylic acids is 1. The molecule has 1 saturated carbocycles. The first-order valence-corrected chi connectivity index (χ1v) is 6.90. The van der Waals surface area contributed by atoms with Gasteiger partial charge in [0.1, 0.15) is 0 Å². The highest BCUT2D eigenvalue weighted by Crippen LogP contribution is 2.39. The van der Waals surface area contributed by atoms with E-state index in [0.29, 0.717) is 6.42 Å².